The molecule has 1 unspecified atom stereocenters. The molecule has 1 saturated heterocycles. The Hall–Kier alpha value is -2.44. The van der Waals surface area contributed by atoms with Crippen LogP contribution in [0.4, 0.5) is 0 Å². The Kier molecular flexibility index (Phi) is 4.61. The molecule has 1 aromatic carbocycles. The Balaban J connectivity index is 1.46. The number of aliphatic hydroxyl groups is 1. The van der Waals surface area contributed by atoms with Gasteiger partial charge < -0.3 is 15.4 Å². The Morgan fingerprint density at radius 2 is 2.04 bits per heavy atom. The molecule has 26 heavy (non-hydrogen) atoms. The molecule has 3 N–H and O–H groups in total. The van der Waals surface area contributed by atoms with E-state index in [-0.39, 0.29) is 29.2 Å². The number of hydrogen-bond donors (Lipinski definition) is 3. The number of rotatable bonds is 4. The standard InChI is InChI=1S/C20H23N3O3/c24-15-11-23(12-15)10-14-8-9-17(19(25)21-14)20(26)22-18-7-3-5-13-4-1-2-6-16(13)18/h1-2,4,6,8-9,15,18,24H,3,5,7,10-12H2,(H,21,25)(H,22,26). The number of fused-ring (bicyclic) bond motifs is 1. The fourth-order valence-corrected chi connectivity index (χ4v) is 3.84. The maximum Gasteiger partial charge on any atom is 0.261 e. The average Bonchev–Trinajstić information content (AvgIpc) is 2.61. The molecule has 1 atom stereocenters. The van der Waals surface area contributed by atoms with E-state index in [1.165, 1.54) is 5.56 Å². The third kappa shape index (κ3) is 3.43. The molecule has 1 amide bonds. The van der Waals surface area contributed by atoms with Gasteiger partial charge in [-0.15, -0.1) is 0 Å². The Morgan fingerprint density at radius 1 is 1.23 bits per heavy atom. The predicted octanol–water partition coefficient (Wildman–Crippen LogP) is 1.36. The normalized spacial score (nSPS) is 20.3. The summed E-state index contributed by atoms with van der Waals surface area (Å²) in [6, 6.07) is 11.5. The van der Waals surface area contributed by atoms with Crippen LogP contribution in [-0.4, -0.2) is 40.1 Å². The molecule has 0 spiro atoms. The number of aliphatic hydroxyl groups excluding tert-OH is 1. The first-order valence-electron chi connectivity index (χ1n) is 9.11. The van der Waals surface area contributed by atoms with E-state index in [1.807, 2.05) is 23.1 Å². The van der Waals surface area contributed by atoms with E-state index in [1.54, 1.807) is 12.1 Å². The highest BCUT2D eigenvalue weighted by Gasteiger charge is 2.25. The minimum absolute atomic E-state index is 0.0471. The lowest BCUT2D eigenvalue weighted by molar-refractivity contribution is -0.00356. The number of benzene rings is 1. The van der Waals surface area contributed by atoms with Crippen molar-refractivity contribution in [1.82, 2.24) is 15.2 Å². The van der Waals surface area contributed by atoms with E-state index in [2.05, 4.69) is 16.4 Å². The number of aromatic nitrogens is 1. The van der Waals surface area contributed by atoms with E-state index < -0.39 is 0 Å². The topological polar surface area (TPSA) is 85.4 Å². The number of pyridine rings is 1. The van der Waals surface area contributed by atoms with Gasteiger partial charge in [-0.05, 0) is 42.5 Å². The molecule has 1 fully saturated rings. The van der Waals surface area contributed by atoms with Crippen LogP contribution in [0.5, 0.6) is 0 Å². The van der Waals surface area contributed by atoms with Gasteiger partial charge in [-0.2, -0.15) is 0 Å². The first kappa shape index (κ1) is 17.0. The highest BCUT2D eigenvalue weighted by Crippen LogP contribution is 2.29. The van der Waals surface area contributed by atoms with E-state index in [0.717, 1.165) is 30.5 Å². The number of β-amino-alcohol motifs (C(OH)–C–C–N with tert-alkyl or cyclic N) is 1. The third-order valence-corrected chi connectivity index (χ3v) is 5.22. The van der Waals surface area contributed by atoms with Crippen molar-refractivity contribution in [3.63, 3.8) is 0 Å². The van der Waals surface area contributed by atoms with E-state index in [0.29, 0.717) is 19.6 Å². The zero-order valence-electron chi connectivity index (χ0n) is 14.6. The summed E-state index contributed by atoms with van der Waals surface area (Å²) in [5.74, 6) is -0.334. The minimum Gasteiger partial charge on any atom is -0.390 e. The zero-order chi connectivity index (χ0) is 18.1. The predicted molar refractivity (Wildman–Crippen MR) is 97.9 cm³/mol. The van der Waals surface area contributed by atoms with Crippen molar-refractivity contribution < 1.29 is 9.90 Å². The van der Waals surface area contributed by atoms with E-state index >= 15 is 0 Å². The number of nitrogens with zero attached hydrogens (tertiary/aromatic N) is 1. The number of aryl methyl sites for hydroxylation is 1. The highest BCUT2D eigenvalue weighted by molar-refractivity contribution is 5.94. The van der Waals surface area contributed by atoms with Crippen molar-refractivity contribution in [3.8, 4) is 0 Å². The summed E-state index contributed by atoms with van der Waals surface area (Å²) in [6.45, 7) is 1.81. The van der Waals surface area contributed by atoms with Crippen LogP contribution in [0.1, 0.15) is 46.1 Å². The van der Waals surface area contributed by atoms with Crippen LogP contribution < -0.4 is 10.9 Å². The van der Waals surface area contributed by atoms with Crippen molar-refractivity contribution >= 4 is 5.91 Å². The van der Waals surface area contributed by atoms with Gasteiger partial charge in [0.05, 0.1) is 12.1 Å². The summed E-state index contributed by atoms with van der Waals surface area (Å²) < 4.78 is 0. The molecule has 1 aliphatic carbocycles. The molecule has 0 radical (unpaired) electrons. The summed E-state index contributed by atoms with van der Waals surface area (Å²) in [7, 11) is 0. The average molecular weight is 353 g/mol. The van der Waals surface area contributed by atoms with Crippen LogP contribution in [0.25, 0.3) is 0 Å². The van der Waals surface area contributed by atoms with Crippen LogP contribution in [0, 0.1) is 0 Å². The van der Waals surface area contributed by atoms with Gasteiger partial charge in [-0.25, -0.2) is 0 Å². The quantitative estimate of drug-likeness (QED) is 0.775. The number of amides is 1. The van der Waals surface area contributed by atoms with E-state index in [9.17, 15) is 14.7 Å². The van der Waals surface area contributed by atoms with Gasteiger partial charge >= 0.3 is 0 Å². The van der Waals surface area contributed by atoms with Gasteiger partial charge in [0.25, 0.3) is 11.5 Å². The van der Waals surface area contributed by atoms with E-state index in [4.69, 9.17) is 0 Å². The maximum absolute atomic E-state index is 12.6. The van der Waals surface area contributed by atoms with Crippen molar-refractivity contribution in [1.29, 1.82) is 0 Å². The van der Waals surface area contributed by atoms with Gasteiger partial charge in [-0.1, -0.05) is 24.3 Å². The van der Waals surface area contributed by atoms with Crippen LogP contribution >= 0.6 is 0 Å². The van der Waals surface area contributed by atoms with Crippen molar-refractivity contribution in [2.45, 2.75) is 38.0 Å². The summed E-state index contributed by atoms with van der Waals surface area (Å²) >= 11 is 0. The Morgan fingerprint density at radius 3 is 2.81 bits per heavy atom. The Labute approximate surface area is 151 Å². The second-order valence-electron chi connectivity index (χ2n) is 7.19. The maximum atomic E-state index is 12.6. The molecule has 2 aliphatic rings. The van der Waals surface area contributed by atoms with Gasteiger partial charge in [0.15, 0.2) is 0 Å². The molecule has 136 valence electrons. The second kappa shape index (κ2) is 7.05. The Bertz CT molecular complexity index is 871. The van der Waals surface area contributed by atoms with Gasteiger partial charge in [0.1, 0.15) is 5.56 Å². The molecular formula is C20H23N3O3. The van der Waals surface area contributed by atoms with Crippen molar-refractivity contribution in [3.05, 3.63) is 69.1 Å². The van der Waals surface area contributed by atoms with Crippen LogP contribution in [-0.2, 0) is 13.0 Å². The lowest BCUT2D eigenvalue weighted by atomic mass is 9.87. The summed E-state index contributed by atoms with van der Waals surface area (Å²) in [5, 5.41) is 12.3. The first-order chi connectivity index (χ1) is 12.6. The molecular weight excluding hydrogens is 330 g/mol. The lowest BCUT2D eigenvalue weighted by Gasteiger charge is -2.35. The number of carbonyl (C=O) groups excluding carboxylic acids is 1. The van der Waals surface area contributed by atoms with Crippen molar-refractivity contribution in [2.75, 3.05) is 13.1 Å². The number of nitrogens with one attached hydrogen (secondary N) is 2. The smallest absolute Gasteiger partial charge is 0.261 e. The van der Waals surface area contributed by atoms with Crippen molar-refractivity contribution in [2.24, 2.45) is 0 Å². The lowest BCUT2D eigenvalue weighted by Crippen LogP contribution is -2.50. The molecule has 6 nitrogen and oxygen atoms in total. The number of hydrogen-bond acceptors (Lipinski definition) is 4. The van der Waals surface area contributed by atoms with Crippen LogP contribution in [0.3, 0.4) is 0 Å². The summed E-state index contributed by atoms with van der Waals surface area (Å²) in [5.41, 5.74) is 2.94. The zero-order valence-corrected chi connectivity index (χ0v) is 14.6. The molecule has 0 saturated carbocycles. The molecule has 4 rings (SSSR count). The number of likely N-dealkylation sites (tertiary alicyclic amines) is 1. The molecule has 2 aromatic rings. The number of aromatic amines is 1. The molecule has 2 heterocycles. The molecule has 6 heteroatoms. The van der Waals surface area contributed by atoms with Crippen LogP contribution in [0.15, 0.2) is 41.2 Å². The summed E-state index contributed by atoms with van der Waals surface area (Å²) in [4.78, 5) is 29.8. The van der Waals surface area contributed by atoms with Gasteiger partial charge in [0, 0.05) is 25.3 Å². The van der Waals surface area contributed by atoms with Crippen LogP contribution in [0.2, 0.25) is 0 Å². The molecule has 0 bridgehead atoms. The molecule has 1 aromatic heterocycles. The number of carbonyl (C=O) groups is 1. The van der Waals surface area contributed by atoms with Gasteiger partial charge in [-0.3, -0.25) is 14.5 Å². The minimum atomic E-state index is -0.370. The summed E-state index contributed by atoms with van der Waals surface area (Å²) in [6.07, 6.45) is 2.67. The third-order valence-electron chi connectivity index (χ3n) is 5.22. The van der Waals surface area contributed by atoms with Gasteiger partial charge in [0.2, 0.25) is 0 Å². The fraction of sp³-hybridized carbons (Fsp3) is 0.400. The second-order valence-corrected chi connectivity index (χ2v) is 7.19. The highest BCUT2D eigenvalue weighted by atomic mass is 16.3. The monoisotopic (exact) mass is 353 g/mol. The fourth-order valence-electron chi connectivity index (χ4n) is 3.84. The SMILES string of the molecule is O=C(NC1CCCc2ccccc21)c1ccc(CN2CC(O)C2)[nH]c1=O. The number of H-pyrrole nitrogens is 1. The largest absolute Gasteiger partial charge is 0.390 e. The first-order valence-corrected chi connectivity index (χ1v) is 9.11. The molecule has 1 aliphatic heterocycles.